The van der Waals surface area contributed by atoms with Crippen molar-refractivity contribution in [1.82, 2.24) is 10.2 Å². The molecule has 2 amide bonds. The van der Waals surface area contributed by atoms with Crippen LogP contribution in [0.15, 0.2) is 24.3 Å². The van der Waals surface area contributed by atoms with Crippen molar-refractivity contribution in [2.45, 2.75) is 6.54 Å². The van der Waals surface area contributed by atoms with Crippen molar-refractivity contribution in [2.75, 3.05) is 27.2 Å². The summed E-state index contributed by atoms with van der Waals surface area (Å²) in [4.78, 5) is 24.2. The van der Waals surface area contributed by atoms with Gasteiger partial charge < -0.3 is 20.7 Å². The summed E-state index contributed by atoms with van der Waals surface area (Å²) in [7, 11) is 3.25. The minimum Gasteiger partial charge on any atom is -0.483 e. The molecule has 0 bridgehead atoms. The highest BCUT2D eigenvalue weighted by molar-refractivity contribution is 5.85. The maximum Gasteiger partial charge on any atom is 0.258 e. The van der Waals surface area contributed by atoms with Crippen molar-refractivity contribution in [3.05, 3.63) is 29.8 Å². The average Bonchev–Trinajstić information content (AvgIpc) is 2.42. The fraction of sp³-hybridized carbons (Fsp3) is 0.385. The Hall–Kier alpha value is -2.08. The minimum absolute atomic E-state index is 0.0340. The van der Waals surface area contributed by atoms with Gasteiger partial charge in [0.05, 0.1) is 6.54 Å². The quantitative estimate of drug-likeness (QED) is 0.741. The fourth-order valence-electron chi connectivity index (χ4n) is 1.34. The molecule has 0 saturated heterocycles. The number of nitrogens with one attached hydrogen (secondary N) is 1. The van der Waals surface area contributed by atoms with Crippen LogP contribution in [0.3, 0.4) is 0 Å². The highest BCUT2D eigenvalue weighted by Crippen LogP contribution is 2.16. The molecule has 0 heterocycles. The Kier molecular flexibility index (Phi) is 5.81. The van der Waals surface area contributed by atoms with Gasteiger partial charge in [-0.05, 0) is 6.07 Å². The molecule has 1 aromatic carbocycles. The lowest BCUT2D eigenvalue weighted by Crippen LogP contribution is -2.38. The Morgan fingerprint density at radius 3 is 2.63 bits per heavy atom. The lowest BCUT2D eigenvalue weighted by atomic mass is 10.2. The number of carbonyl (C=O) groups is 2. The van der Waals surface area contributed by atoms with Gasteiger partial charge >= 0.3 is 0 Å². The standard InChI is InChI=1S/C13H19N3O3/c1-16(2)13(18)8-15-12(17)9-19-11-6-4-3-5-10(11)7-14/h3-6H,7-9,14H2,1-2H3,(H,15,17). The number of likely N-dealkylation sites (N-methyl/N-ethyl adjacent to an activating group) is 1. The maximum atomic E-state index is 11.5. The number of carbonyl (C=O) groups excluding carboxylic acids is 2. The van der Waals surface area contributed by atoms with Gasteiger partial charge in [-0.2, -0.15) is 0 Å². The number of hydrogen-bond donors (Lipinski definition) is 2. The van der Waals surface area contributed by atoms with E-state index in [9.17, 15) is 9.59 Å². The summed E-state index contributed by atoms with van der Waals surface area (Å²) in [6, 6.07) is 7.25. The van der Waals surface area contributed by atoms with Crippen molar-refractivity contribution in [1.29, 1.82) is 0 Å². The molecular formula is C13H19N3O3. The van der Waals surface area contributed by atoms with Crippen molar-refractivity contribution in [2.24, 2.45) is 5.73 Å². The predicted molar refractivity (Wildman–Crippen MR) is 71.5 cm³/mol. The number of ether oxygens (including phenoxy) is 1. The molecule has 0 aliphatic heterocycles. The second-order valence-electron chi connectivity index (χ2n) is 4.17. The van der Waals surface area contributed by atoms with E-state index in [1.165, 1.54) is 4.90 Å². The highest BCUT2D eigenvalue weighted by atomic mass is 16.5. The monoisotopic (exact) mass is 265 g/mol. The largest absolute Gasteiger partial charge is 0.483 e. The molecule has 3 N–H and O–H groups in total. The Labute approximate surface area is 112 Å². The molecule has 0 saturated carbocycles. The fourth-order valence-corrected chi connectivity index (χ4v) is 1.34. The van der Waals surface area contributed by atoms with Gasteiger partial charge in [-0.1, -0.05) is 18.2 Å². The van der Waals surface area contributed by atoms with Crippen LogP contribution >= 0.6 is 0 Å². The molecule has 0 aliphatic rings. The molecule has 0 spiro atoms. The topological polar surface area (TPSA) is 84.7 Å². The Balaban J connectivity index is 2.40. The number of benzene rings is 1. The van der Waals surface area contributed by atoms with Crippen LogP contribution in [0.2, 0.25) is 0 Å². The molecule has 0 unspecified atom stereocenters. The second-order valence-corrected chi connectivity index (χ2v) is 4.17. The number of para-hydroxylation sites is 1. The van der Waals surface area contributed by atoms with Gasteiger partial charge in [-0.25, -0.2) is 0 Å². The van der Waals surface area contributed by atoms with Gasteiger partial charge in [0.2, 0.25) is 5.91 Å². The highest BCUT2D eigenvalue weighted by Gasteiger charge is 2.08. The second kappa shape index (κ2) is 7.38. The molecule has 0 aliphatic carbocycles. The summed E-state index contributed by atoms with van der Waals surface area (Å²) in [6.45, 7) is 0.169. The zero-order valence-corrected chi connectivity index (χ0v) is 11.2. The molecule has 6 nitrogen and oxygen atoms in total. The van der Waals surface area contributed by atoms with Gasteiger partial charge in [0, 0.05) is 26.2 Å². The van der Waals surface area contributed by atoms with E-state index in [1.807, 2.05) is 18.2 Å². The van der Waals surface area contributed by atoms with E-state index < -0.39 is 0 Å². The Bertz CT molecular complexity index is 447. The summed E-state index contributed by atoms with van der Waals surface area (Å²) in [5.41, 5.74) is 6.39. The number of rotatable bonds is 6. The lowest BCUT2D eigenvalue weighted by Gasteiger charge is -2.12. The van der Waals surface area contributed by atoms with Crippen LogP contribution in [0.5, 0.6) is 5.75 Å². The number of hydrogen-bond acceptors (Lipinski definition) is 4. The van der Waals surface area contributed by atoms with Gasteiger partial charge in [-0.15, -0.1) is 0 Å². The molecule has 0 radical (unpaired) electrons. The van der Waals surface area contributed by atoms with E-state index in [2.05, 4.69) is 5.32 Å². The first-order chi connectivity index (χ1) is 9.04. The van der Waals surface area contributed by atoms with E-state index in [-0.39, 0.29) is 25.0 Å². The molecule has 6 heteroatoms. The molecule has 0 aromatic heterocycles. The average molecular weight is 265 g/mol. The molecule has 104 valence electrons. The van der Waals surface area contributed by atoms with Crippen LogP contribution in [0.1, 0.15) is 5.56 Å². The lowest BCUT2D eigenvalue weighted by molar-refractivity contribution is -0.131. The summed E-state index contributed by atoms with van der Waals surface area (Å²) in [5.74, 6) is 0.0665. The van der Waals surface area contributed by atoms with E-state index in [1.54, 1.807) is 20.2 Å². The smallest absolute Gasteiger partial charge is 0.258 e. The summed E-state index contributed by atoms with van der Waals surface area (Å²) < 4.78 is 5.37. The van der Waals surface area contributed by atoms with Crippen LogP contribution < -0.4 is 15.8 Å². The third-order valence-electron chi connectivity index (χ3n) is 2.49. The van der Waals surface area contributed by atoms with E-state index >= 15 is 0 Å². The van der Waals surface area contributed by atoms with Crippen molar-refractivity contribution in [3.63, 3.8) is 0 Å². The van der Waals surface area contributed by atoms with Crippen molar-refractivity contribution >= 4 is 11.8 Å². The normalized spacial score (nSPS) is 9.84. The zero-order chi connectivity index (χ0) is 14.3. The molecule has 19 heavy (non-hydrogen) atoms. The van der Waals surface area contributed by atoms with Crippen LogP contribution in [0.4, 0.5) is 0 Å². The van der Waals surface area contributed by atoms with Crippen LogP contribution in [-0.4, -0.2) is 44.0 Å². The van der Waals surface area contributed by atoms with E-state index in [0.717, 1.165) is 5.56 Å². The zero-order valence-electron chi connectivity index (χ0n) is 11.2. The van der Waals surface area contributed by atoms with E-state index in [4.69, 9.17) is 10.5 Å². The number of nitrogens with two attached hydrogens (primary N) is 1. The van der Waals surface area contributed by atoms with Crippen molar-refractivity contribution in [3.8, 4) is 5.75 Å². The minimum atomic E-state index is -0.345. The van der Waals surface area contributed by atoms with Gasteiger partial charge in [0.25, 0.3) is 5.91 Å². The first-order valence-electron chi connectivity index (χ1n) is 5.92. The predicted octanol–water partition coefficient (Wildman–Crippen LogP) is -0.271. The van der Waals surface area contributed by atoms with Crippen LogP contribution in [-0.2, 0) is 16.1 Å². The summed E-state index contributed by atoms with van der Waals surface area (Å²) in [5, 5.41) is 2.49. The first-order valence-corrected chi connectivity index (χ1v) is 5.92. The third-order valence-corrected chi connectivity index (χ3v) is 2.49. The Morgan fingerprint density at radius 2 is 2.00 bits per heavy atom. The molecule has 0 fully saturated rings. The van der Waals surface area contributed by atoms with Gasteiger partial charge in [-0.3, -0.25) is 9.59 Å². The number of nitrogens with zero attached hydrogens (tertiary/aromatic N) is 1. The number of amides is 2. The van der Waals surface area contributed by atoms with Crippen LogP contribution in [0.25, 0.3) is 0 Å². The Morgan fingerprint density at radius 1 is 1.32 bits per heavy atom. The molecular weight excluding hydrogens is 246 g/mol. The third kappa shape index (κ3) is 4.97. The molecule has 1 rings (SSSR count). The van der Waals surface area contributed by atoms with Crippen LogP contribution in [0, 0.1) is 0 Å². The van der Waals surface area contributed by atoms with Gasteiger partial charge in [0.1, 0.15) is 5.75 Å². The first kappa shape index (κ1) is 15.0. The molecule has 1 aromatic rings. The maximum absolute atomic E-state index is 11.5. The van der Waals surface area contributed by atoms with E-state index in [0.29, 0.717) is 12.3 Å². The van der Waals surface area contributed by atoms with Crippen molar-refractivity contribution < 1.29 is 14.3 Å². The van der Waals surface area contributed by atoms with Gasteiger partial charge in [0.15, 0.2) is 6.61 Å². The summed E-state index contributed by atoms with van der Waals surface area (Å²) >= 11 is 0. The molecule has 0 atom stereocenters. The SMILES string of the molecule is CN(C)C(=O)CNC(=O)COc1ccccc1CN. The summed E-state index contributed by atoms with van der Waals surface area (Å²) in [6.07, 6.45) is 0.